The van der Waals surface area contributed by atoms with Crippen molar-refractivity contribution in [2.24, 2.45) is 0 Å². The fourth-order valence-corrected chi connectivity index (χ4v) is 2.35. The number of Topliss-reactive ketones (excluding diaryl/α,β-unsaturated/α-hetero) is 1. The van der Waals surface area contributed by atoms with Gasteiger partial charge in [-0.1, -0.05) is 29.8 Å². The van der Waals surface area contributed by atoms with Crippen molar-refractivity contribution >= 4 is 23.5 Å². The number of ether oxygens (including phenoxy) is 1. The zero-order valence-corrected chi connectivity index (χ0v) is 15.1. The molecular weight excluding hydrogens is 310 g/mol. The van der Waals surface area contributed by atoms with Crippen LogP contribution >= 0.6 is 11.8 Å². The zero-order valence-electron chi connectivity index (χ0n) is 14.3. The summed E-state index contributed by atoms with van der Waals surface area (Å²) in [4.78, 5) is 26.7. The van der Waals surface area contributed by atoms with Crippen molar-refractivity contribution in [2.45, 2.75) is 13.8 Å². The van der Waals surface area contributed by atoms with Gasteiger partial charge in [-0.15, -0.1) is 11.8 Å². The predicted octanol–water partition coefficient (Wildman–Crippen LogP) is 3.43. The Balaban J connectivity index is 3.08. The first kappa shape index (κ1) is 19.0. The highest BCUT2D eigenvalue weighted by Gasteiger charge is 2.14. The molecule has 0 aliphatic heterocycles. The summed E-state index contributed by atoms with van der Waals surface area (Å²) >= 11 is 1.35. The molecule has 0 aliphatic carbocycles. The number of likely N-dealkylation sites (N-methyl/N-ethyl adjacent to an activating group) is 1. The standard InChI is InChI=1S/C18H23NO3S/c1-6-22-18(21)15(19(3)4)11-12-16(23-5)17(20)14-9-7-13(2)8-10-14/h7-12H,6H2,1-5H3. The van der Waals surface area contributed by atoms with E-state index in [1.165, 1.54) is 11.8 Å². The highest BCUT2D eigenvalue weighted by Crippen LogP contribution is 2.19. The van der Waals surface area contributed by atoms with E-state index in [9.17, 15) is 9.59 Å². The molecule has 1 aromatic carbocycles. The predicted molar refractivity (Wildman–Crippen MR) is 95.5 cm³/mol. The molecule has 0 aliphatic rings. The number of thioether (sulfide) groups is 1. The van der Waals surface area contributed by atoms with Gasteiger partial charge < -0.3 is 9.64 Å². The van der Waals surface area contributed by atoms with Gasteiger partial charge in [-0.2, -0.15) is 0 Å². The Morgan fingerprint density at radius 2 is 1.78 bits per heavy atom. The number of allylic oxidation sites excluding steroid dienone is 3. The van der Waals surface area contributed by atoms with Gasteiger partial charge in [-0.05, 0) is 32.3 Å². The van der Waals surface area contributed by atoms with E-state index in [2.05, 4.69) is 0 Å². The number of rotatable bonds is 7. The van der Waals surface area contributed by atoms with Gasteiger partial charge >= 0.3 is 5.97 Å². The number of benzene rings is 1. The van der Waals surface area contributed by atoms with Crippen LogP contribution in [-0.2, 0) is 9.53 Å². The summed E-state index contributed by atoms with van der Waals surface area (Å²) in [5.74, 6) is -0.465. The first-order valence-electron chi connectivity index (χ1n) is 7.32. The summed E-state index contributed by atoms with van der Waals surface area (Å²) < 4.78 is 5.02. The second kappa shape index (κ2) is 9.20. The fourth-order valence-electron chi connectivity index (χ4n) is 1.84. The van der Waals surface area contributed by atoms with E-state index in [-0.39, 0.29) is 5.78 Å². The molecule has 4 nitrogen and oxygen atoms in total. The largest absolute Gasteiger partial charge is 0.461 e. The molecule has 1 aromatic rings. The maximum absolute atomic E-state index is 12.5. The zero-order chi connectivity index (χ0) is 17.4. The van der Waals surface area contributed by atoms with Crippen LogP contribution in [0.15, 0.2) is 47.0 Å². The van der Waals surface area contributed by atoms with E-state index in [0.717, 1.165) is 5.56 Å². The Labute approximate surface area is 142 Å². The maximum atomic E-state index is 12.5. The summed E-state index contributed by atoms with van der Waals surface area (Å²) in [6.07, 6.45) is 5.13. The van der Waals surface area contributed by atoms with Gasteiger partial charge in [0.2, 0.25) is 0 Å². The molecule has 0 aromatic heterocycles. The Kier molecular flexibility index (Phi) is 7.62. The molecule has 0 N–H and O–H groups in total. The van der Waals surface area contributed by atoms with Gasteiger partial charge in [0, 0.05) is 19.7 Å². The Bertz CT molecular complexity index is 616. The number of carbonyl (C=O) groups is 2. The second-order valence-electron chi connectivity index (χ2n) is 5.10. The van der Waals surface area contributed by atoms with Crippen molar-refractivity contribution in [3.8, 4) is 0 Å². The summed E-state index contributed by atoms with van der Waals surface area (Å²) in [5.41, 5.74) is 2.13. The number of hydrogen-bond acceptors (Lipinski definition) is 5. The van der Waals surface area contributed by atoms with Gasteiger partial charge in [0.05, 0.1) is 11.5 Å². The molecule has 0 fully saturated rings. The number of aryl methyl sites for hydroxylation is 1. The lowest BCUT2D eigenvalue weighted by atomic mass is 10.1. The van der Waals surface area contributed by atoms with Crippen LogP contribution in [0.3, 0.4) is 0 Å². The molecule has 0 saturated heterocycles. The molecule has 0 unspecified atom stereocenters. The van der Waals surface area contributed by atoms with Gasteiger partial charge in [0.25, 0.3) is 0 Å². The minimum Gasteiger partial charge on any atom is -0.461 e. The lowest BCUT2D eigenvalue weighted by Gasteiger charge is -2.15. The van der Waals surface area contributed by atoms with Gasteiger partial charge in [-0.25, -0.2) is 4.79 Å². The summed E-state index contributed by atoms with van der Waals surface area (Å²) in [6.45, 7) is 4.05. The third kappa shape index (κ3) is 5.60. The number of carbonyl (C=O) groups excluding carboxylic acids is 2. The maximum Gasteiger partial charge on any atom is 0.354 e. The van der Waals surface area contributed by atoms with E-state index in [1.54, 1.807) is 38.1 Å². The number of nitrogens with zero attached hydrogens (tertiary/aromatic N) is 1. The van der Waals surface area contributed by atoms with E-state index in [4.69, 9.17) is 4.74 Å². The normalized spacial score (nSPS) is 12.0. The van der Waals surface area contributed by atoms with Crippen LogP contribution in [0.2, 0.25) is 0 Å². The molecule has 0 spiro atoms. The van der Waals surface area contributed by atoms with Crippen molar-refractivity contribution in [1.29, 1.82) is 0 Å². The average Bonchev–Trinajstić information content (AvgIpc) is 2.51. The molecule has 0 saturated carbocycles. The van der Waals surface area contributed by atoms with E-state index < -0.39 is 5.97 Å². The first-order chi connectivity index (χ1) is 10.9. The quantitative estimate of drug-likeness (QED) is 0.331. The fraction of sp³-hybridized carbons (Fsp3) is 0.333. The Morgan fingerprint density at radius 3 is 2.26 bits per heavy atom. The number of esters is 1. The van der Waals surface area contributed by atoms with Crippen molar-refractivity contribution < 1.29 is 14.3 Å². The lowest BCUT2D eigenvalue weighted by Crippen LogP contribution is -2.21. The van der Waals surface area contributed by atoms with Crippen LogP contribution in [0.1, 0.15) is 22.8 Å². The van der Waals surface area contributed by atoms with Crippen molar-refractivity contribution in [1.82, 2.24) is 4.90 Å². The van der Waals surface area contributed by atoms with Crippen molar-refractivity contribution in [3.05, 3.63) is 58.1 Å². The van der Waals surface area contributed by atoms with Crippen LogP contribution in [0.25, 0.3) is 0 Å². The lowest BCUT2D eigenvalue weighted by molar-refractivity contribution is -0.140. The van der Waals surface area contributed by atoms with Gasteiger partial charge in [-0.3, -0.25) is 4.79 Å². The molecule has 5 heteroatoms. The van der Waals surface area contributed by atoms with E-state index >= 15 is 0 Å². The Morgan fingerprint density at radius 1 is 1.17 bits per heavy atom. The minimum atomic E-state index is -0.406. The molecule has 124 valence electrons. The van der Waals surface area contributed by atoms with Gasteiger partial charge in [0.15, 0.2) is 5.78 Å². The third-order valence-corrected chi connectivity index (χ3v) is 3.88. The number of hydrogen-bond donors (Lipinski definition) is 0. The monoisotopic (exact) mass is 333 g/mol. The highest BCUT2D eigenvalue weighted by atomic mass is 32.2. The highest BCUT2D eigenvalue weighted by molar-refractivity contribution is 8.03. The Hall–Kier alpha value is -2.01. The topological polar surface area (TPSA) is 46.6 Å². The van der Waals surface area contributed by atoms with Gasteiger partial charge in [0.1, 0.15) is 5.70 Å². The minimum absolute atomic E-state index is 0.0595. The molecule has 0 amide bonds. The van der Waals surface area contributed by atoms with Crippen LogP contribution < -0.4 is 0 Å². The second-order valence-corrected chi connectivity index (χ2v) is 5.95. The number of ketones is 1. The molecule has 0 heterocycles. The summed E-state index contributed by atoms with van der Waals surface area (Å²) in [6, 6.07) is 7.43. The smallest absolute Gasteiger partial charge is 0.354 e. The molecule has 1 rings (SSSR count). The average molecular weight is 333 g/mol. The van der Waals surface area contributed by atoms with Crippen molar-refractivity contribution in [2.75, 3.05) is 27.0 Å². The first-order valence-corrected chi connectivity index (χ1v) is 8.55. The molecule has 0 atom stereocenters. The summed E-state index contributed by atoms with van der Waals surface area (Å²) in [7, 11) is 3.52. The third-order valence-electron chi connectivity index (χ3n) is 3.12. The molecular formula is C18H23NO3S. The molecule has 0 bridgehead atoms. The van der Waals surface area contributed by atoms with E-state index in [1.807, 2.05) is 37.4 Å². The van der Waals surface area contributed by atoms with Crippen molar-refractivity contribution in [3.63, 3.8) is 0 Å². The van der Waals surface area contributed by atoms with Crippen LogP contribution in [0, 0.1) is 6.92 Å². The van der Waals surface area contributed by atoms with Crippen LogP contribution in [-0.4, -0.2) is 43.6 Å². The summed E-state index contributed by atoms with van der Waals surface area (Å²) in [5, 5.41) is 0. The van der Waals surface area contributed by atoms with E-state index in [0.29, 0.717) is 22.8 Å². The van der Waals surface area contributed by atoms with Crippen LogP contribution in [0.5, 0.6) is 0 Å². The SMILES string of the molecule is CCOC(=O)C(=CC=C(SC)C(=O)c1ccc(C)cc1)N(C)C. The van der Waals surface area contributed by atoms with Crippen LogP contribution in [0.4, 0.5) is 0 Å². The molecule has 23 heavy (non-hydrogen) atoms. The molecule has 0 radical (unpaired) electrons.